The second-order valence-electron chi connectivity index (χ2n) is 5.36. The van der Waals surface area contributed by atoms with E-state index in [9.17, 15) is 22.8 Å². The first-order valence-electron chi connectivity index (χ1n) is 7.03. The van der Waals surface area contributed by atoms with Gasteiger partial charge in [-0.3, -0.25) is 9.59 Å². The van der Waals surface area contributed by atoms with Crippen molar-refractivity contribution in [3.8, 4) is 5.75 Å². The number of rotatable bonds is 5. The van der Waals surface area contributed by atoms with Crippen molar-refractivity contribution in [3.05, 3.63) is 29.8 Å². The number of benzene rings is 1. The first kappa shape index (κ1) is 17.1. The van der Waals surface area contributed by atoms with Crippen molar-refractivity contribution in [2.75, 3.05) is 20.2 Å². The highest BCUT2D eigenvalue weighted by molar-refractivity contribution is 5.89. The van der Waals surface area contributed by atoms with Gasteiger partial charge in [0.1, 0.15) is 12.3 Å². The molecule has 1 heterocycles. The summed E-state index contributed by atoms with van der Waals surface area (Å²) in [6, 6.07) is 7.06. The van der Waals surface area contributed by atoms with Gasteiger partial charge in [0, 0.05) is 19.5 Å². The SMILES string of the molecule is COc1cccc(CNC(=O)[C@H]2CC(=O)N(CC(F)(F)F)C2)c1. The van der Waals surface area contributed by atoms with Crippen LogP contribution in [0.4, 0.5) is 13.2 Å². The van der Waals surface area contributed by atoms with Crippen LogP contribution in [0.1, 0.15) is 12.0 Å². The molecule has 0 aliphatic carbocycles. The topological polar surface area (TPSA) is 58.6 Å². The van der Waals surface area contributed by atoms with Gasteiger partial charge >= 0.3 is 6.18 Å². The highest BCUT2D eigenvalue weighted by Gasteiger charge is 2.40. The average Bonchev–Trinajstić information content (AvgIpc) is 2.84. The Morgan fingerprint density at radius 3 is 2.83 bits per heavy atom. The molecule has 1 atom stereocenters. The zero-order valence-electron chi connectivity index (χ0n) is 12.5. The highest BCUT2D eigenvalue weighted by atomic mass is 19.4. The van der Waals surface area contributed by atoms with Crippen LogP contribution in [0, 0.1) is 5.92 Å². The lowest BCUT2D eigenvalue weighted by molar-refractivity contribution is -0.157. The molecule has 0 aromatic heterocycles. The van der Waals surface area contributed by atoms with Crippen LogP contribution >= 0.6 is 0 Å². The maximum Gasteiger partial charge on any atom is 0.406 e. The molecule has 0 bridgehead atoms. The first-order chi connectivity index (χ1) is 10.8. The fourth-order valence-corrected chi connectivity index (χ4v) is 2.43. The van der Waals surface area contributed by atoms with E-state index in [1.807, 2.05) is 0 Å². The van der Waals surface area contributed by atoms with Gasteiger partial charge in [-0.05, 0) is 17.7 Å². The van der Waals surface area contributed by atoms with Gasteiger partial charge in [-0.25, -0.2) is 0 Å². The van der Waals surface area contributed by atoms with Crippen LogP contribution in [-0.2, 0) is 16.1 Å². The van der Waals surface area contributed by atoms with Crippen LogP contribution in [0.5, 0.6) is 5.75 Å². The zero-order valence-corrected chi connectivity index (χ0v) is 12.5. The first-order valence-corrected chi connectivity index (χ1v) is 7.03. The number of methoxy groups -OCH3 is 1. The molecule has 8 heteroatoms. The minimum absolute atomic E-state index is 0.194. The van der Waals surface area contributed by atoms with Gasteiger partial charge in [0.25, 0.3) is 0 Å². The lowest BCUT2D eigenvalue weighted by atomic mass is 10.1. The molecule has 0 saturated carbocycles. The third kappa shape index (κ3) is 4.87. The molecular formula is C15H17F3N2O3. The summed E-state index contributed by atoms with van der Waals surface area (Å²) in [4.78, 5) is 24.3. The van der Waals surface area contributed by atoms with Crippen LogP contribution in [0.2, 0.25) is 0 Å². The fourth-order valence-electron chi connectivity index (χ4n) is 2.43. The molecule has 23 heavy (non-hydrogen) atoms. The lowest BCUT2D eigenvalue weighted by Crippen LogP contribution is -2.37. The molecule has 2 rings (SSSR count). The van der Waals surface area contributed by atoms with Crippen LogP contribution in [-0.4, -0.2) is 43.1 Å². The number of carbonyl (C=O) groups excluding carboxylic acids is 2. The van der Waals surface area contributed by atoms with E-state index in [-0.39, 0.29) is 19.5 Å². The van der Waals surface area contributed by atoms with Crippen molar-refractivity contribution in [2.24, 2.45) is 5.92 Å². The Balaban J connectivity index is 1.88. The quantitative estimate of drug-likeness (QED) is 0.894. The Morgan fingerprint density at radius 2 is 2.17 bits per heavy atom. The molecule has 1 aromatic rings. The van der Waals surface area contributed by atoms with Gasteiger partial charge in [-0.2, -0.15) is 13.2 Å². The Bertz CT molecular complexity index is 590. The molecule has 126 valence electrons. The number of ether oxygens (including phenoxy) is 1. The van der Waals surface area contributed by atoms with Crippen molar-refractivity contribution in [1.82, 2.24) is 10.2 Å². The molecule has 1 saturated heterocycles. The summed E-state index contributed by atoms with van der Waals surface area (Å²) in [5.41, 5.74) is 0.800. The number of amides is 2. The van der Waals surface area contributed by atoms with Crippen LogP contribution < -0.4 is 10.1 Å². The molecule has 1 aliphatic heterocycles. The minimum atomic E-state index is -4.46. The molecule has 2 amide bonds. The summed E-state index contributed by atoms with van der Waals surface area (Å²) in [6.45, 7) is -1.30. The van der Waals surface area contributed by atoms with Crippen LogP contribution in [0.15, 0.2) is 24.3 Å². The summed E-state index contributed by atoms with van der Waals surface area (Å²) < 4.78 is 42.1. The number of hydrogen-bond donors (Lipinski definition) is 1. The van der Waals surface area contributed by atoms with Gasteiger partial charge in [-0.1, -0.05) is 12.1 Å². The smallest absolute Gasteiger partial charge is 0.406 e. The zero-order chi connectivity index (χ0) is 17.0. The van der Waals surface area contributed by atoms with E-state index in [1.165, 1.54) is 7.11 Å². The number of likely N-dealkylation sites (tertiary alicyclic amines) is 1. The van der Waals surface area contributed by atoms with Crippen molar-refractivity contribution in [2.45, 2.75) is 19.1 Å². The predicted molar refractivity (Wildman–Crippen MR) is 75.6 cm³/mol. The van der Waals surface area contributed by atoms with Crippen molar-refractivity contribution >= 4 is 11.8 Å². The molecule has 1 aromatic carbocycles. The number of nitrogens with one attached hydrogen (secondary N) is 1. The van der Waals surface area contributed by atoms with E-state index in [0.717, 1.165) is 5.56 Å². The maximum atomic E-state index is 12.3. The van der Waals surface area contributed by atoms with E-state index in [0.29, 0.717) is 10.6 Å². The second kappa shape index (κ2) is 6.89. The molecule has 0 radical (unpaired) electrons. The third-order valence-corrected chi connectivity index (χ3v) is 3.56. The van der Waals surface area contributed by atoms with Gasteiger partial charge in [0.15, 0.2) is 0 Å². The van der Waals surface area contributed by atoms with Crippen molar-refractivity contribution < 1.29 is 27.5 Å². The monoisotopic (exact) mass is 330 g/mol. The molecule has 0 spiro atoms. The Hall–Kier alpha value is -2.25. The van der Waals surface area contributed by atoms with E-state index in [2.05, 4.69) is 5.32 Å². The van der Waals surface area contributed by atoms with Gasteiger partial charge in [0.2, 0.25) is 11.8 Å². The summed E-state index contributed by atoms with van der Waals surface area (Å²) >= 11 is 0. The van der Waals surface area contributed by atoms with Crippen LogP contribution in [0.25, 0.3) is 0 Å². The fraction of sp³-hybridized carbons (Fsp3) is 0.467. The third-order valence-electron chi connectivity index (χ3n) is 3.56. The van der Waals surface area contributed by atoms with Gasteiger partial charge < -0.3 is 15.0 Å². The number of halogens is 3. The molecule has 1 fully saturated rings. The maximum absolute atomic E-state index is 12.3. The summed E-state index contributed by atoms with van der Waals surface area (Å²) in [7, 11) is 1.52. The molecule has 0 unspecified atom stereocenters. The number of nitrogens with zero attached hydrogens (tertiary/aromatic N) is 1. The number of alkyl halides is 3. The van der Waals surface area contributed by atoms with E-state index in [1.54, 1.807) is 24.3 Å². The lowest BCUT2D eigenvalue weighted by Gasteiger charge is -2.18. The van der Waals surface area contributed by atoms with Gasteiger partial charge in [0.05, 0.1) is 13.0 Å². The summed E-state index contributed by atoms with van der Waals surface area (Å²) in [5.74, 6) is -1.19. The second-order valence-corrected chi connectivity index (χ2v) is 5.36. The van der Waals surface area contributed by atoms with E-state index in [4.69, 9.17) is 4.74 Å². The van der Waals surface area contributed by atoms with E-state index >= 15 is 0 Å². The Morgan fingerprint density at radius 1 is 1.43 bits per heavy atom. The average molecular weight is 330 g/mol. The predicted octanol–water partition coefficient (Wildman–Crippen LogP) is 1.72. The number of carbonyl (C=O) groups is 2. The van der Waals surface area contributed by atoms with Crippen molar-refractivity contribution in [1.29, 1.82) is 0 Å². The highest BCUT2D eigenvalue weighted by Crippen LogP contribution is 2.24. The molecule has 5 nitrogen and oxygen atoms in total. The van der Waals surface area contributed by atoms with Gasteiger partial charge in [-0.15, -0.1) is 0 Å². The molecular weight excluding hydrogens is 313 g/mol. The Labute approximate surface area is 131 Å². The number of hydrogen-bond acceptors (Lipinski definition) is 3. The van der Waals surface area contributed by atoms with E-state index < -0.39 is 30.5 Å². The summed E-state index contributed by atoms with van der Waals surface area (Å²) in [6.07, 6.45) is -4.65. The largest absolute Gasteiger partial charge is 0.497 e. The molecule has 1 N–H and O–H groups in total. The summed E-state index contributed by atoms with van der Waals surface area (Å²) in [5, 5.41) is 2.64. The van der Waals surface area contributed by atoms with Crippen molar-refractivity contribution in [3.63, 3.8) is 0 Å². The minimum Gasteiger partial charge on any atom is -0.497 e. The standard InChI is InChI=1S/C15H17F3N2O3/c1-23-12-4-2-3-10(5-12)7-19-14(22)11-6-13(21)20(8-11)9-15(16,17)18/h2-5,11H,6-9H2,1H3,(H,19,22)/t11-/m0/s1. The van der Waals surface area contributed by atoms with Crippen LogP contribution in [0.3, 0.4) is 0 Å². The molecule has 1 aliphatic rings. The Kier molecular flexibility index (Phi) is 5.12. The normalized spacial score (nSPS) is 18.2.